The van der Waals surface area contributed by atoms with E-state index in [1.54, 1.807) is 6.92 Å². The summed E-state index contributed by atoms with van der Waals surface area (Å²) >= 11 is 0. The normalized spacial score (nSPS) is 13.1. The SMILES string of the molecule is CC=C[Si](O)(O)O. The van der Waals surface area contributed by atoms with Crippen molar-refractivity contribution in [3.63, 3.8) is 0 Å². The van der Waals surface area contributed by atoms with Crippen LogP contribution in [-0.4, -0.2) is 23.2 Å². The lowest BCUT2D eigenvalue weighted by atomic mass is 10.8. The molecular weight excluding hydrogens is 112 g/mol. The summed E-state index contributed by atoms with van der Waals surface area (Å²) in [5.41, 5.74) is 0.993. The van der Waals surface area contributed by atoms with Crippen LogP contribution in [0.25, 0.3) is 0 Å². The van der Waals surface area contributed by atoms with Crippen molar-refractivity contribution >= 4 is 8.80 Å². The van der Waals surface area contributed by atoms with Crippen molar-refractivity contribution < 1.29 is 14.4 Å². The van der Waals surface area contributed by atoms with E-state index in [1.807, 2.05) is 0 Å². The van der Waals surface area contributed by atoms with Gasteiger partial charge in [0.05, 0.1) is 0 Å². The van der Waals surface area contributed by atoms with E-state index in [0.717, 1.165) is 5.70 Å². The van der Waals surface area contributed by atoms with E-state index in [-0.39, 0.29) is 0 Å². The van der Waals surface area contributed by atoms with Crippen molar-refractivity contribution in [2.75, 3.05) is 0 Å². The van der Waals surface area contributed by atoms with Gasteiger partial charge in [0.25, 0.3) is 0 Å². The topological polar surface area (TPSA) is 60.7 Å². The molecule has 0 heterocycles. The van der Waals surface area contributed by atoms with Crippen LogP contribution >= 0.6 is 0 Å². The van der Waals surface area contributed by atoms with Crippen LogP contribution in [-0.2, 0) is 0 Å². The zero-order valence-corrected chi connectivity index (χ0v) is 5.00. The fourth-order valence-corrected chi connectivity index (χ4v) is 0.671. The molecule has 42 valence electrons. The molecule has 0 amide bonds. The Morgan fingerprint density at radius 3 is 1.71 bits per heavy atom. The third kappa shape index (κ3) is 5.84. The smallest absolute Gasteiger partial charge is 0.387 e. The number of hydrogen-bond acceptors (Lipinski definition) is 3. The lowest BCUT2D eigenvalue weighted by Gasteiger charge is -1.98. The highest BCUT2D eigenvalue weighted by atomic mass is 28.4. The first-order valence-electron chi connectivity index (χ1n) is 1.87. The molecule has 0 aliphatic carbocycles. The first kappa shape index (κ1) is 6.84. The molecule has 0 aliphatic rings. The number of hydrogen-bond donors (Lipinski definition) is 3. The second-order valence-electron chi connectivity index (χ2n) is 1.19. The third-order valence-corrected chi connectivity index (χ3v) is 1.17. The first-order valence-corrected chi connectivity index (χ1v) is 3.79. The molecule has 0 rings (SSSR count). The van der Waals surface area contributed by atoms with Crippen molar-refractivity contribution in [2.24, 2.45) is 0 Å². The van der Waals surface area contributed by atoms with E-state index in [2.05, 4.69) is 0 Å². The summed E-state index contributed by atoms with van der Waals surface area (Å²) < 4.78 is 0. The van der Waals surface area contributed by atoms with E-state index in [0.29, 0.717) is 0 Å². The molecule has 0 saturated carbocycles. The Morgan fingerprint density at radius 2 is 1.71 bits per heavy atom. The minimum absolute atomic E-state index is 0.993. The lowest BCUT2D eigenvalue weighted by molar-refractivity contribution is 0.247. The molecule has 0 aromatic rings. The van der Waals surface area contributed by atoms with Crippen molar-refractivity contribution in [3.8, 4) is 0 Å². The molecule has 7 heavy (non-hydrogen) atoms. The minimum Gasteiger partial charge on any atom is -0.387 e. The van der Waals surface area contributed by atoms with Crippen molar-refractivity contribution in [3.05, 3.63) is 11.8 Å². The van der Waals surface area contributed by atoms with Crippen LogP contribution in [0.1, 0.15) is 6.92 Å². The molecular formula is C3H8O3Si. The maximum Gasteiger partial charge on any atom is 0.521 e. The van der Waals surface area contributed by atoms with Crippen molar-refractivity contribution in [1.29, 1.82) is 0 Å². The van der Waals surface area contributed by atoms with Gasteiger partial charge >= 0.3 is 8.80 Å². The zero-order valence-electron chi connectivity index (χ0n) is 4.00. The Balaban J connectivity index is 3.56. The van der Waals surface area contributed by atoms with Crippen LogP contribution in [0, 0.1) is 0 Å². The van der Waals surface area contributed by atoms with Gasteiger partial charge in [-0.15, -0.1) is 0 Å². The molecule has 0 saturated heterocycles. The molecule has 3 N–H and O–H groups in total. The largest absolute Gasteiger partial charge is 0.521 e. The van der Waals surface area contributed by atoms with E-state index in [1.165, 1.54) is 6.08 Å². The van der Waals surface area contributed by atoms with Gasteiger partial charge in [-0.3, -0.25) is 0 Å². The Hall–Kier alpha value is -0.163. The van der Waals surface area contributed by atoms with Crippen LogP contribution in [0.5, 0.6) is 0 Å². The van der Waals surface area contributed by atoms with Crippen molar-refractivity contribution in [1.82, 2.24) is 0 Å². The molecule has 0 aliphatic heterocycles. The molecule has 0 bridgehead atoms. The van der Waals surface area contributed by atoms with Gasteiger partial charge in [0.1, 0.15) is 0 Å². The molecule has 3 nitrogen and oxygen atoms in total. The highest BCUT2D eigenvalue weighted by molar-refractivity contribution is 6.61. The molecule has 0 aromatic heterocycles. The third-order valence-electron chi connectivity index (χ3n) is 0.390. The molecule has 0 radical (unpaired) electrons. The summed E-state index contributed by atoms with van der Waals surface area (Å²) in [6, 6.07) is 0. The number of allylic oxidation sites excluding steroid dienone is 1. The van der Waals surface area contributed by atoms with Crippen LogP contribution in [0.4, 0.5) is 0 Å². The van der Waals surface area contributed by atoms with Gasteiger partial charge in [-0.1, -0.05) is 6.08 Å². The monoisotopic (exact) mass is 120 g/mol. The van der Waals surface area contributed by atoms with E-state index >= 15 is 0 Å². The van der Waals surface area contributed by atoms with Gasteiger partial charge in [-0.05, 0) is 12.6 Å². The summed E-state index contributed by atoms with van der Waals surface area (Å²) in [7, 11) is -3.84. The number of rotatable bonds is 1. The van der Waals surface area contributed by atoms with E-state index in [4.69, 9.17) is 14.4 Å². The summed E-state index contributed by atoms with van der Waals surface area (Å²) in [4.78, 5) is 24.5. The second-order valence-corrected chi connectivity index (χ2v) is 2.90. The standard InChI is InChI=1S/C3H8O3Si/c1-2-3-7(4,5)6/h2-6H,1H3. The zero-order chi connectivity index (χ0) is 5.91. The van der Waals surface area contributed by atoms with Gasteiger partial charge in [-0.2, -0.15) is 0 Å². The Labute approximate surface area is 42.9 Å². The average Bonchev–Trinajstić information content (AvgIpc) is 1.30. The second kappa shape index (κ2) is 2.22. The summed E-state index contributed by atoms with van der Waals surface area (Å²) in [6.45, 7) is 1.60. The van der Waals surface area contributed by atoms with Crippen molar-refractivity contribution in [2.45, 2.75) is 6.92 Å². The molecule has 0 spiro atoms. The Morgan fingerprint density at radius 1 is 1.29 bits per heavy atom. The van der Waals surface area contributed by atoms with E-state index < -0.39 is 8.80 Å². The fourth-order valence-electron chi connectivity index (χ4n) is 0.224. The Kier molecular flexibility index (Phi) is 2.17. The highest BCUT2D eigenvalue weighted by Gasteiger charge is 2.20. The maximum absolute atomic E-state index is 8.18. The minimum atomic E-state index is -3.84. The van der Waals surface area contributed by atoms with Gasteiger partial charge in [-0.25, -0.2) is 0 Å². The highest BCUT2D eigenvalue weighted by Crippen LogP contribution is 1.84. The van der Waals surface area contributed by atoms with Crippen LogP contribution in [0.2, 0.25) is 0 Å². The van der Waals surface area contributed by atoms with Gasteiger partial charge in [0.15, 0.2) is 0 Å². The fraction of sp³-hybridized carbons (Fsp3) is 0.333. The van der Waals surface area contributed by atoms with Gasteiger partial charge < -0.3 is 14.4 Å². The van der Waals surface area contributed by atoms with Crippen LogP contribution in [0.3, 0.4) is 0 Å². The summed E-state index contributed by atoms with van der Waals surface area (Å²) in [5.74, 6) is 0. The molecule has 0 aromatic carbocycles. The van der Waals surface area contributed by atoms with Gasteiger partial charge in [0, 0.05) is 0 Å². The summed E-state index contributed by atoms with van der Waals surface area (Å²) in [5, 5.41) is 0. The quantitative estimate of drug-likeness (QED) is 0.390. The first-order chi connectivity index (χ1) is 3.06. The maximum atomic E-state index is 8.18. The Bertz CT molecular complexity index is 72.7. The van der Waals surface area contributed by atoms with E-state index in [9.17, 15) is 0 Å². The lowest BCUT2D eigenvalue weighted by Crippen LogP contribution is -2.31. The molecule has 0 unspecified atom stereocenters. The molecule has 0 atom stereocenters. The van der Waals surface area contributed by atoms with Crippen LogP contribution in [0.15, 0.2) is 11.8 Å². The van der Waals surface area contributed by atoms with Gasteiger partial charge in [0.2, 0.25) is 0 Å². The van der Waals surface area contributed by atoms with Crippen LogP contribution < -0.4 is 0 Å². The predicted molar refractivity (Wildman–Crippen MR) is 27.2 cm³/mol. The molecule has 4 heteroatoms. The summed E-state index contributed by atoms with van der Waals surface area (Å²) in [6.07, 6.45) is 1.40. The predicted octanol–water partition coefficient (Wildman–Crippen LogP) is -0.982. The average molecular weight is 120 g/mol. The molecule has 0 fully saturated rings.